The van der Waals surface area contributed by atoms with E-state index in [0.29, 0.717) is 29.8 Å². The zero-order valence-electron chi connectivity index (χ0n) is 12.5. The Morgan fingerprint density at radius 2 is 1.57 bits per heavy atom. The Morgan fingerprint density at radius 1 is 0.952 bits per heavy atom. The first-order chi connectivity index (χ1) is 9.96. The number of hydrogen-bond acceptors (Lipinski definition) is 2. The fraction of sp³-hybridized carbons (Fsp3) is 0.412. The van der Waals surface area contributed by atoms with Gasteiger partial charge in [-0.15, -0.1) is 0 Å². The van der Waals surface area contributed by atoms with Crippen molar-refractivity contribution in [2.45, 2.75) is 25.2 Å². The van der Waals surface area contributed by atoms with E-state index in [4.69, 9.17) is 0 Å². The summed E-state index contributed by atoms with van der Waals surface area (Å²) in [5.41, 5.74) is 0. The molecule has 0 aliphatic carbocycles. The molecule has 0 unspecified atom stereocenters. The molecule has 0 spiro atoms. The minimum atomic E-state index is -3.39. The SMILES string of the molecule is C[C@@H]1C[C@@H](C)CN(S(=O)(=O)c2ccc3ccccc3c2)C1. The number of benzene rings is 2. The van der Waals surface area contributed by atoms with Gasteiger partial charge in [0.15, 0.2) is 0 Å². The number of hydrogen-bond donors (Lipinski definition) is 0. The van der Waals surface area contributed by atoms with E-state index in [1.54, 1.807) is 16.4 Å². The molecule has 0 saturated carbocycles. The summed E-state index contributed by atoms with van der Waals surface area (Å²) in [7, 11) is -3.39. The molecule has 2 atom stereocenters. The lowest BCUT2D eigenvalue weighted by Gasteiger charge is -2.34. The molecule has 1 aliphatic heterocycles. The third-order valence-corrected chi connectivity index (χ3v) is 6.02. The van der Waals surface area contributed by atoms with Gasteiger partial charge in [0.25, 0.3) is 0 Å². The summed E-state index contributed by atoms with van der Waals surface area (Å²) >= 11 is 0. The van der Waals surface area contributed by atoms with Gasteiger partial charge in [0.2, 0.25) is 10.0 Å². The van der Waals surface area contributed by atoms with Crippen molar-refractivity contribution in [3.8, 4) is 0 Å². The van der Waals surface area contributed by atoms with Gasteiger partial charge in [-0.3, -0.25) is 0 Å². The maximum absolute atomic E-state index is 12.8. The van der Waals surface area contributed by atoms with Gasteiger partial charge in [-0.1, -0.05) is 44.2 Å². The first-order valence-electron chi connectivity index (χ1n) is 7.46. The average molecular weight is 303 g/mol. The van der Waals surface area contributed by atoms with Crippen LogP contribution in [0, 0.1) is 11.8 Å². The van der Waals surface area contributed by atoms with Crippen LogP contribution < -0.4 is 0 Å². The minimum Gasteiger partial charge on any atom is -0.207 e. The van der Waals surface area contributed by atoms with Gasteiger partial charge in [-0.05, 0) is 41.2 Å². The zero-order valence-corrected chi connectivity index (χ0v) is 13.3. The van der Waals surface area contributed by atoms with Gasteiger partial charge < -0.3 is 0 Å². The van der Waals surface area contributed by atoms with Gasteiger partial charge in [-0.2, -0.15) is 4.31 Å². The fourth-order valence-electron chi connectivity index (χ4n) is 3.28. The molecule has 1 heterocycles. The fourth-order valence-corrected chi connectivity index (χ4v) is 4.99. The molecular formula is C17H21NO2S. The van der Waals surface area contributed by atoms with E-state index in [0.717, 1.165) is 17.2 Å². The van der Waals surface area contributed by atoms with Gasteiger partial charge in [-0.25, -0.2) is 8.42 Å². The molecule has 0 radical (unpaired) electrons. The summed E-state index contributed by atoms with van der Waals surface area (Å²) in [6.45, 7) is 5.50. The van der Waals surface area contributed by atoms with E-state index < -0.39 is 10.0 Å². The van der Waals surface area contributed by atoms with E-state index in [9.17, 15) is 8.42 Å². The quantitative estimate of drug-likeness (QED) is 0.851. The molecule has 0 amide bonds. The van der Waals surface area contributed by atoms with Crippen LogP contribution in [0.25, 0.3) is 10.8 Å². The van der Waals surface area contributed by atoms with Crippen LogP contribution in [-0.4, -0.2) is 25.8 Å². The minimum absolute atomic E-state index is 0.405. The Hall–Kier alpha value is -1.39. The molecule has 2 aromatic rings. The summed E-state index contributed by atoms with van der Waals surface area (Å²) in [5.74, 6) is 0.841. The standard InChI is InChI=1S/C17H21NO2S/c1-13-9-14(2)12-18(11-13)21(19,20)17-8-7-15-5-3-4-6-16(15)10-17/h3-8,10,13-14H,9,11-12H2,1-2H3/t13-,14-/m1/s1. The second-order valence-corrected chi connectivity index (χ2v) is 8.21. The van der Waals surface area contributed by atoms with E-state index >= 15 is 0 Å². The number of rotatable bonds is 2. The lowest BCUT2D eigenvalue weighted by atomic mass is 9.94. The molecule has 2 aromatic carbocycles. The molecule has 0 bridgehead atoms. The molecule has 21 heavy (non-hydrogen) atoms. The lowest BCUT2D eigenvalue weighted by molar-refractivity contribution is 0.222. The highest BCUT2D eigenvalue weighted by molar-refractivity contribution is 7.89. The Labute approximate surface area is 126 Å². The molecule has 1 aliphatic rings. The lowest BCUT2D eigenvalue weighted by Crippen LogP contribution is -2.42. The number of fused-ring (bicyclic) bond motifs is 1. The summed E-state index contributed by atoms with van der Waals surface area (Å²) in [5, 5.41) is 2.04. The Bertz CT molecular complexity index is 744. The monoisotopic (exact) mass is 303 g/mol. The van der Waals surface area contributed by atoms with Crippen molar-refractivity contribution in [1.29, 1.82) is 0 Å². The molecule has 4 heteroatoms. The first-order valence-corrected chi connectivity index (χ1v) is 8.90. The Morgan fingerprint density at radius 3 is 2.24 bits per heavy atom. The number of sulfonamides is 1. The highest BCUT2D eigenvalue weighted by atomic mass is 32.2. The van der Waals surface area contributed by atoms with E-state index in [1.165, 1.54) is 0 Å². The van der Waals surface area contributed by atoms with Crippen LogP contribution in [0.15, 0.2) is 47.4 Å². The molecular weight excluding hydrogens is 282 g/mol. The van der Waals surface area contributed by atoms with Crippen LogP contribution in [0.5, 0.6) is 0 Å². The molecule has 112 valence electrons. The van der Waals surface area contributed by atoms with Crippen LogP contribution in [0.3, 0.4) is 0 Å². The number of piperidine rings is 1. The summed E-state index contributed by atoms with van der Waals surface area (Å²) < 4.78 is 27.3. The normalized spacial score (nSPS) is 24.3. The summed E-state index contributed by atoms with van der Waals surface area (Å²) in [6, 6.07) is 13.2. The largest absolute Gasteiger partial charge is 0.243 e. The molecule has 0 aromatic heterocycles. The van der Waals surface area contributed by atoms with Crippen molar-refractivity contribution >= 4 is 20.8 Å². The third kappa shape index (κ3) is 2.83. The van der Waals surface area contributed by atoms with Gasteiger partial charge in [0, 0.05) is 13.1 Å². The summed E-state index contributed by atoms with van der Waals surface area (Å²) in [4.78, 5) is 0.405. The predicted molar refractivity (Wildman–Crippen MR) is 85.7 cm³/mol. The third-order valence-electron chi connectivity index (χ3n) is 4.19. The van der Waals surface area contributed by atoms with Crippen LogP contribution in [-0.2, 0) is 10.0 Å². The van der Waals surface area contributed by atoms with E-state index in [2.05, 4.69) is 13.8 Å². The predicted octanol–water partition coefficient (Wildman–Crippen LogP) is 3.51. The first kappa shape index (κ1) is 14.5. The Kier molecular flexibility index (Phi) is 3.76. The topological polar surface area (TPSA) is 37.4 Å². The van der Waals surface area contributed by atoms with Crippen molar-refractivity contribution in [3.63, 3.8) is 0 Å². The maximum Gasteiger partial charge on any atom is 0.243 e. The zero-order chi connectivity index (χ0) is 15.0. The molecule has 3 nitrogen and oxygen atoms in total. The van der Waals surface area contributed by atoms with Crippen LogP contribution in [0.2, 0.25) is 0 Å². The number of nitrogens with zero attached hydrogens (tertiary/aromatic N) is 1. The van der Waals surface area contributed by atoms with Gasteiger partial charge in [0.1, 0.15) is 0 Å². The second kappa shape index (κ2) is 5.43. The van der Waals surface area contributed by atoms with Crippen molar-refractivity contribution in [2.24, 2.45) is 11.8 Å². The second-order valence-electron chi connectivity index (χ2n) is 6.28. The highest BCUT2D eigenvalue weighted by Crippen LogP contribution is 2.28. The van der Waals surface area contributed by atoms with Crippen LogP contribution in [0.4, 0.5) is 0 Å². The maximum atomic E-state index is 12.8. The van der Waals surface area contributed by atoms with Gasteiger partial charge >= 0.3 is 0 Å². The van der Waals surface area contributed by atoms with Crippen LogP contribution >= 0.6 is 0 Å². The average Bonchev–Trinajstić information content (AvgIpc) is 2.45. The molecule has 1 saturated heterocycles. The van der Waals surface area contributed by atoms with E-state index in [1.807, 2.05) is 30.3 Å². The molecule has 3 rings (SSSR count). The van der Waals surface area contributed by atoms with Crippen molar-refractivity contribution in [3.05, 3.63) is 42.5 Å². The van der Waals surface area contributed by atoms with Crippen molar-refractivity contribution in [1.82, 2.24) is 4.31 Å². The molecule has 1 fully saturated rings. The van der Waals surface area contributed by atoms with Gasteiger partial charge in [0.05, 0.1) is 4.90 Å². The van der Waals surface area contributed by atoms with E-state index in [-0.39, 0.29) is 0 Å². The molecule has 0 N–H and O–H groups in total. The van der Waals surface area contributed by atoms with Crippen molar-refractivity contribution < 1.29 is 8.42 Å². The van der Waals surface area contributed by atoms with Crippen molar-refractivity contribution in [2.75, 3.05) is 13.1 Å². The summed E-state index contributed by atoms with van der Waals surface area (Å²) in [6.07, 6.45) is 1.10. The highest BCUT2D eigenvalue weighted by Gasteiger charge is 2.31. The smallest absolute Gasteiger partial charge is 0.207 e. The van der Waals surface area contributed by atoms with Crippen LogP contribution in [0.1, 0.15) is 20.3 Å². The Balaban J connectivity index is 1.99.